The van der Waals surface area contributed by atoms with E-state index < -0.39 is 0 Å². The number of Topliss-reactive ketones (excluding diaryl/α,β-unsaturated/α-hetero) is 1. The maximum absolute atomic E-state index is 12.7. The highest BCUT2D eigenvalue weighted by Crippen LogP contribution is 2.38. The van der Waals surface area contributed by atoms with E-state index in [4.69, 9.17) is 9.47 Å². The normalized spacial score (nSPS) is 12.4. The summed E-state index contributed by atoms with van der Waals surface area (Å²) in [6, 6.07) is 13.7. The second kappa shape index (κ2) is 7.50. The minimum absolute atomic E-state index is 0.0205. The Morgan fingerprint density at radius 1 is 1.10 bits per heavy atom. The molecular weight excluding hydrogens is 404 g/mol. The maximum atomic E-state index is 12.7. The summed E-state index contributed by atoms with van der Waals surface area (Å²) in [5.41, 5.74) is 4.05. The SMILES string of the molecule is Cc1ccc(-c2csc3ncnc(SCC(=O)c4ccc5c(c4)OCO5)c23)cc1. The van der Waals surface area contributed by atoms with Gasteiger partial charge in [0, 0.05) is 16.5 Å². The number of ether oxygens (including phenoxy) is 2. The van der Waals surface area contributed by atoms with Crippen LogP contribution in [0.25, 0.3) is 21.3 Å². The Morgan fingerprint density at radius 3 is 2.79 bits per heavy atom. The molecule has 144 valence electrons. The van der Waals surface area contributed by atoms with Gasteiger partial charge >= 0.3 is 0 Å². The molecule has 0 radical (unpaired) electrons. The van der Waals surface area contributed by atoms with Gasteiger partial charge in [0.15, 0.2) is 17.3 Å². The van der Waals surface area contributed by atoms with Crippen LogP contribution in [0.3, 0.4) is 0 Å². The highest BCUT2D eigenvalue weighted by atomic mass is 32.2. The van der Waals surface area contributed by atoms with Gasteiger partial charge in [-0.15, -0.1) is 11.3 Å². The number of aryl methyl sites for hydroxylation is 1. The minimum atomic E-state index is 0.0205. The summed E-state index contributed by atoms with van der Waals surface area (Å²) in [7, 11) is 0. The molecular formula is C22H16N2O3S2. The molecule has 0 bridgehead atoms. The number of fused-ring (bicyclic) bond motifs is 2. The molecule has 1 aliphatic heterocycles. The number of hydrogen-bond donors (Lipinski definition) is 0. The predicted octanol–water partition coefficient (Wildman–Crippen LogP) is 5.37. The quantitative estimate of drug-likeness (QED) is 0.246. The van der Waals surface area contributed by atoms with E-state index in [0.29, 0.717) is 17.1 Å². The Balaban J connectivity index is 1.42. The number of thioether (sulfide) groups is 1. The van der Waals surface area contributed by atoms with Gasteiger partial charge in [0.2, 0.25) is 6.79 Å². The van der Waals surface area contributed by atoms with Crippen LogP contribution in [0.2, 0.25) is 0 Å². The molecule has 0 saturated carbocycles. The van der Waals surface area contributed by atoms with Crippen LogP contribution in [0.15, 0.2) is 59.2 Å². The second-order valence-electron chi connectivity index (χ2n) is 6.65. The van der Waals surface area contributed by atoms with Crippen molar-refractivity contribution in [1.29, 1.82) is 0 Å². The highest BCUT2D eigenvalue weighted by molar-refractivity contribution is 8.00. The van der Waals surface area contributed by atoms with Crippen LogP contribution in [0.5, 0.6) is 11.5 Å². The number of rotatable bonds is 5. The number of nitrogens with zero attached hydrogens (tertiary/aromatic N) is 2. The highest BCUT2D eigenvalue weighted by Gasteiger charge is 2.18. The molecule has 7 heteroatoms. The van der Waals surface area contributed by atoms with Crippen molar-refractivity contribution in [3.8, 4) is 22.6 Å². The second-order valence-corrected chi connectivity index (χ2v) is 8.48. The number of carbonyl (C=O) groups is 1. The summed E-state index contributed by atoms with van der Waals surface area (Å²) in [6.45, 7) is 2.27. The Kier molecular flexibility index (Phi) is 4.69. The number of aromatic nitrogens is 2. The van der Waals surface area contributed by atoms with Crippen molar-refractivity contribution >= 4 is 39.1 Å². The molecule has 1 aliphatic rings. The standard InChI is InChI=1S/C22H16N2O3S2/c1-13-2-4-14(5-3-13)16-9-28-21-20(16)22(24-11-23-21)29-10-17(25)15-6-7-18-19(8-15)27-12-26-18/h2-9,11H,10,12H2,1H3. The molecule has 0 amide bonds. The van der Waals surface area contributed by atoms with Crippen molar-refractivity contribution in [2.75, 3.05) is 12.5 Å². The van der Waals surface area contributed by atoms with Gasteiger partial charge in [-0.25, -0.2) is 9.97 Å². The molecule has 5 rings (SSSR count). The summed E-state index contributed by atoms with van der Waals surface area (Å²) in [4.78, 5) is 22.5. The molecule has 0 spiro atoms. The van der Waals surface area contributed by atoms with Crippen molar-refractivity contribution in [2.45, 2.75) is 11.9 Å². The fourth-order valence-corrected chi connectivity index (χ4v) is 5.08. The van der Waals surface area contributed by atoms with Gasteiger partial charge in [-0.2, -0.15) is 0 Å². The Hall–Kier alpha value is -2.90. The number of ketones is 1. The van der Waals surface area contributed by atoms with E-state index in [0.717, 1.165) is 26.4 Å². The van der Waals surface area contributed by atoms with E-state index in [-0.39, 0.29) is 18.3 Å². The summed E-state index contributed by atoms with van der Waals surface area (Å²) < 4.78 is 10.7. The Morgan fingerprint density at radius 2 is 1.93 bits per heavy atom. The average molecular weight is 421 g/mol. The van der Waals surface area contributed by atoms with Crippen LogP contribution in [0, 0.1) is 6.92 Å². The molecule has 0 aliphatic carbocycles. The molecule has 2 aromatic heterocycles. The summed E-state index contributed by atoms with van der Waals surface area (Å²) in [6.07, 6.45) is 1.56. The lowest BCUT2D eigenvalue weighted by Gasteiger charge is -2.06. The zero-order valence-electron chi connectivity index (χ0n) is 15.5. The van der Waals surface area contributed by atoms with Gasteiger partial charge in [0.05, 0.1) is 11.1 Å². The van der Waals surface area contributed by atoms with Gasteiger partial charge in [-0.3, -0.25) is 4.79 Å². The zero-order valence-corrected chi connectivity index (χ0v) is 17.2. The van der Waals surface area contributed by atoms with Crippen molar-refractivity contribution in [3.05, 3.63) is 65.3 Å². The van der Waals surface area contributed by atoms with Crippen molar-refractivity contribution in [3.63, 3.8) is 0 Å². The van der Waals surface area contributed by atoms with Crippen LogP contribution >= 0.6 is 23.1 Å². The molecule has 0 N–H and O–H groups in total. The summed E-state index contributed by atoms with van der Waals surface area (Å²) >= 11 is 3.03. The van der Waals surface area contributed by atoms with Gasteiger partial charge in [-0.05, 0) is 30.7 Å². The lowest BCUT2D eigenvalue weighted by atomic mass is 10.1. The minimum Gasteiger partial charge on any atom is -0.454 e. The first-order chi connectivity index (χ1) is 14.2. The fraction of sp³-hybridized carbons (Fsp3) is 0.136. The number of hydrogen-bond acceptors (Lipinski definition) is 7. The number of benzene rings is 2. The van der Waals surface area contributed by atoms with Gasteiger partial charge < -0.3 is 9.47 Å². The van der Waals surface area contributed by atoms with E-state index in [1.54, 1.807) is 35.9 Å². The smallest absolute Gasteiger partial charge is 0.231 e. The van der Waals surface area contributed by atoms with E-state index in [1.165, 1.54) is 17.3 Å². The third-order valence-corrected chi connectivity index (χ3v) is 6.61. The van der Waals surface area contributed by atoms with Crippen LogP contribution in [0.4, 0.5) is 0 Å². The number of thiophene rings is 1. The topological polar surface area (TPSA) is 61.3 Å². The van der Waals surface area contributed by atoms with Gasteiger partial charge in [-0.1, -0.05) is 41.6 Å². The lowest BCUT2D eigenvalue weighted by molar-refractivity contribution is 0.102. The summed E-state index contributed by atoms with van der Waals surface area (Å²) in [5.74, 6) is 1.60. The lowest BCUT2D eigenvalue weighted by Crippen LogP contribution is -2.02. The number of carbonyl (C=O) groups excluding carboxylic acids is 1. The van der Waals surface area contributed by atoms with Crippen LogP contribution in [0.1, 0.15) is 15.9 Å². The molecule has 4 aromatic rings. The van der Waals surface area contributed by atoms with Gasteiger partial charge in [0.25, 0.3) is 0 Å². The van der Waals surface area contributed by atoms with Crippen molar-refractivity contribution < 1.29 is 14.3 Å². The first-order valence-electron chi connectivity index (χ1n) is 9.04. The molecule has 2 aromatic carbocycles. The molecule has 29 heavy (non-hydrogen) atoms. The van der Waals surface area contributed by atoms with Gasteiger partial charge in [0.1, 0.15) is 16.2 Å². The summed E-state index contributed by atoms with van der Waals surface area (Å²) in [5, 5.41) is 3.93. The predicted molar refractivity (Wildman–Crippen MR) is 115 cm³/mol. The van der Waals surface area contributed by atoms with Crippen LogP contribution in [-0.2, 0) is 0 Å². The van der Waals surface area contributed by atoms with Crippen LogP contribution in [-0.4, -0.2) is 28.3 Å². The van der Waals surface area contributed by atoms with E-state index >= 15 is 0 Å². The average Bonchev–Trinajstić information content (AvgIpc) is 3.39. The van der Waals surface area contributed by atoms with E-state index in [2.05, 4.69) is 46.5 Å². The fourth-order valence-electron chi connectivity index (χ4n) is 3.19. The third-order valence-electron chi connectivity index (χ3n) is 4.73. The third kappa shape index (κ3) is 3.47. The maximum Gasteiger partial charge on any atom is 0.231 e. The molecule has 0 saturated heterocycles. The first-order valence-corrected chi connectivity index (χ1v) is 10.9. The Labute approximate surface area is 175 Å². The van der Waals surface area contributed by atoms with Crippen molar-refractivity contribution in [1.82, 2.24) is 9.97 Å². The molecule has 0 unspecified atom stereocenters. The van der Waals surface area contributed by atoms with Crippen molar-refractivity contribution in [2.24, 2.45) is 0 Å². The monoisotopic (exact) mass is 420 g/mol. The Bertz CT molecular complexity index is 1220. The zero-order chi connectivity index (χ0) is 19.8. The largest absolute Gasteiger partial charge is 0.454 e. The van der Waals surface area contributed by atoms with E-state index in [1.807, 2.05) is 0 Å². The van der Waals surface area contributed by atoms with Crippen LogP contribution < -0.4 is 9.47 Å². The first kappa shape index (κ1) is 18.1. The molecule has 0 fully saturated rings. The molecule has 0 atom stereocenters. The molecule has 5 nitrogen and oxygen atoms in total. The molecule has 3 heterocycles. The van der Waals surface area contributed by atoms with E-state index in [9.17, 15) is 4.79 Å².